The Balaban J connectivity index is 3.12. The molecule has 0 amide bonds. The van der Waals surface area contributed by atoms with E-state index in [2.05, 4.69) is 15.9 Å². The van der Waals surface area contributed by atoms with Gasteiger partial charge in [-0.3, -0.25) is 4.72 Å². The van der Waals surface area contributed by atoms with Crippen molar-refractivity contribution in [3.63, 3.8) is 0 Å². The number of hydrogen-bond donors (Lipinski definition) is 1. The highest BCUT2D eigenvalue weighted by atomic mass is 79.9. The van der Waals surface area contributed by atoms with Crippen molar-refractivity contribution < 1.29 is 17.2 Å². The molecule has 1 N–H and O–H groups in total. The molecule has 0 aliphatic heterocycles. The Hall–Kier alpha value is -0.730. The normalized spacial score (nSPS) is 11.9. The van der Waals surface area contributed by atoms with Gasteiger partial charge in [0.05, 0.1) is 0 Å². The van der Waals surface area contributed by atoms with Crippen LogP contribution < -0.4 is 4.72 Å². The van der Waals surface area contributed by atoms with Gasteiger partial charge in [0.15, 0.2) is 11.6 Å². The Labute approximate surface area is 113 Å². The maximum absolute atomic E-state index is 13.5. The Bertz CT molecular complexity index is 510. The second kappa shape index (κ2) is 5.94. The molecule has 0 unspecified atom stereocenters. The van der Waals surface area contributed by atoms with Gasteiger partial charge in [0.2, 0.25) is 0 Å². The van der Waals surface area contributed by atoms with Crippen LogP contribution in [0.15, 0.2) is 16.6 Å². The summed E-state index contributed by atoms with van der Waals surface area (Å²) in [5.41, 5.74) is -0.676. The maximum atomic E-state index is 13.5. The summed E-state index contributed by atoms with van der Waals surface area (Å²) in [6, 6.07) is 1.98. The summed E-state index contributed by atoms with van der Waals surface area (Å²) < 4.78 is 53.8. The topological polar surface area (TPSA) is 49.4 Å². The van der Waals surface area contributed by atoms with E-state index in [0.717, 1.165) is 16.4 Å². The van der Waals surface area contributed by atoms with Gasteiger partial charge < -0.3 is 0 Å². The quantitative estimate of drug-likeness (QED) is 0.894. The first-order chi connectivity index (χ1) is 8.31. The summed E-state index contributed by atoms with van der Waals surface area (Å²) in [5, 5.41) is 0. The van der Waals surface area contributed by atoms with Crippen molar-refractivity contribution in [2.45, 2.75) is 13.8 Å². The third-order valence-electron chi connectivity index (χ3n) is 2.28. The zero-order valence-corrected chi connectivity index (χ0v) is 12.3. The summed E-state index contributed by atoms with van der Waals surface area (Å²) in [5.74, 6) is -1.95. The fourth-order valence-electron chi connectivity index (χ4n) is 1.40. The van der Waals surface area contributed by atoms with Crippen molar-refractivity contribution in [2.24, 2.45) is 0 Å². The van der Waals surface area contributed by atoms with E-state index < -0.39 is 27.5 Å². The summed E-state index contributed by atoms with van der Waals surface area (Å²) in [7, 11) is -3.95. The molecule has 8 heteroatoms. The van der Waals surface area contributed by atoms with Gasteiger partial charge >= 0.3 is 10.2 Å². The highest BCUT2D eigenvalue weighted by molar-refractivity contribution is 9.10. The van der Waals surface area contributed by atoms with Crippen LogP contribution >= 0.6 is 15.9 Å². The van der Waals surface area contributed by atoms with Gasteiger partial charge in [-0.05, 0) is 12.1 Å². The molecule has 0 bridgehead atoms. The summed E-state index contributed by atoms with van der Waals surface area (Å²) in [6.07, 6.45) is 0. The molecule has 0 aliphatic rings. The Morgan fingerprint density at radius 2 is 1.67 bits per heavy atom. The third-order valence-corrected chi connectivity index (χ3v) is 4.40. The molecule has 0 saturated heterocycles. The molecule has 0 spiro atoms. The van der Waals surface area contributed by atoms with Gasteiger partial charge in [0, 0.05) is 17.6 Å². The summed E-state index contributed by atoms with van der Waals surface area (Å²) in [6.45, 7) is 3.70. The Morgan fingerprint density at radius 1 is 1.22 bits per heavy atom. The minimum absolute atomic E-state index is 0.197. The van der Waals surface area contributed by atoms with Gasteiger partial charge in [-0.1, -0.05) is 29.8 Å². The number of benzene rings is 1. The first-order valence-corrected chi connectivity index (χ1v) is 7.47. The minimum atomic E-state index is -3.95. The van der Waals surface area contributed by atoms with Crippen molar-refractivity contribution in [3.05, 3.63) is 28.2 Å². The van der Waals surface area contributed by atoms with Crippen molar-refractivity contribution in [1.29, 1.82) is 0 Å². The van der Waals surface area contributed by atoms with E-state index >= 15 is 0 Å². The number of anilines is 1. The molecule has 0 radical (unpaired) electrons. The van der Waals surface area contributed by atoms with Crippen LogP contribution in [0.5, 0.6) is 0 Å². The zero-order chi connectivity index (χ0) is 13.9. The van der Waals surface area contributed by atoms with Crippen molar-refractivity contribution >= 4 is 31.8 Å². The molecule has 1 aromatic carbocycles. The summed E-state index contributed by atoms with van der Waals surface area (Å²) in [4.78, 5) is 0. The molecular weight excluding hydrogens is 330 g/mol. The van der Waals surface area contributed by atoms with E-state index in [0.29, 0.717) is 0 Å². The highest BCUT2D eigenvalue weighted by Gasteiger charge is 2.22. The van der Waals surface area contributed by atoms with Crippen molar-refractivity contribution in [1.82, 2.24) is 4.31 Å². The molecule has 0 saturated carbocycles. The van der Waals surface area contributed by atoms with Gasteiger partial charge in [0.1, 0.15) is 5.69 Å². The minimum Gasteiger partial charge on any atom is -0.265 e. The molecule has 1 rings (SSSR count). The average Bonchev–Trinajstić information content (AvgIpc) is 2.24. The first kappa shape index (κ1) is 15.3. The molecule has 4 nitrogen and oxygen atoms in total. The summed E-state index contributed by atoms with van der Waals surface area (Å²) >= 11 is 2.92. The molecule has 18 heavy (non-hydrogen) atoms. The first-order valence-electron chi connectivity index (χ1n) is 5.24. The lowest BCUT2D eigenvalue weighted by molar-refractivity contribution is 0.448. The van der Waals surface area contributed by atoms with Crippen molar-refractivity contribution in [2.75, 3.05) is 17.8 Å². The van der Waals surface area contributed by atoms with Crippen molar-refractivity contribution in [3.8, 4) is 0 Å². The molecule has 0 aromatic heterocycles. The smallest absolute Gasteiger partial charge is 0.265 e. The van der Waals surface area contributed by atoms with Gasteiger partial charge in [-0.2, -0.15) is 12.7 Å². The van der Waals surface area contributed by atoms with Crippen LogP contribution in [0.3, 0.4) is 0 Å². The van der Waals surface area contributed by atoms with Crippen LogP contribution in [0.4, 0.5) is 14.5 Å². The largest absolute Gasteiger partial charge is 0.301 e. The van der Waals surface area contributed by atoms with Crippen LogP contribution in [0.25, 0.3) is 0 Å². The predicted molar refractivity (Wildman–Crippen MR) is 69.5 cm³/mol. The number of nitrogens with one attached hydrogen (secondary N) is 1. The Morgan fingerprint density at radius 3 is 2.06 bits per heavy atom. The average molecular weight is 343 g/mol. The molecule has 102 valence electrons. The fraction of sp³-hybridized carbons (Fsp3) is 0.400. The van der Waals surface area contributed by atoms with Crippen LogP contribution in [0.2, 0.25) is 0 Å². The molecule has 0 atom stereocenters. The van der Waals surface area contributed by atoms with E-state index in [1.54, 1.807) is 13.8 Å². The molecule has 0 heterocycles. The van der Waals surface area contributed by atoms with Crippen LogP contribution in [-0.2, 0) is 10.2 Å². The van der Waals surface area contributed by atoms with Crippen LogP contribution in [0.1, 0.15) is 13.8 Å². The number of nitrogens with zero attached hydrogens (tertiary/aromatic N) is 1. The van der Waals surface area contributed by atoms with Crippen LogP contribution in [-0.4, -0.2) is 25.8 Å². The number of rotatable bonds is 5. The maximum Gasteiger partial charge on any atom is 0.301 e. The fourth-order valence-corrected chi connectivity index (χ4v) is 3.06. The molecule has 1 aromatic rings. The lowest BCUT2D eigenvalue weighted by atomic mass is 10.3. The van der Waals surface area contributed by atoms with Gasteiger partial charge in [-0.15, -0.1) is 0 Å². The highest BCUT2D eigenvalue weighted by Crippen LogP contribution is 2.25. The second-order valence-electron chi connectivity index (χ2n) is 3.44. The third kappa shape index (κ3) is 3.39. The zero-order valence-electron chi connectivity index (χ0n) is 9.87. The van der Waals surface area contributed by atoms with Gasteiger partial charge in [0.25, 0.3) is 0 Å². The van der Waals surface area contributed by atoms with E-state index in [1.165, 1.54) is 0 Å². The lowest BCUT2D eigenvalue weighted by Gasteiger charge is -2.19. The molecular formula is C10H13BrF2N2O2S. The monoisotopic (exact) mass is 342 g/mol. The number of halogens is 3. The lowest BCUT2D eigenvalue weighted by Crippen LogP contribution is -2.36. The Kier molecular flexibility index (Phi) is 5.06. The van der Waals surface area contributed by atoms with Gasteiger partial charge in [-0.25, -0.2) is 8.78 Å². The second-order valence-corrected chi connectivity index (χ2v) is 6.02. The standard InChI is InChI=1S/C10H13BrF2N2O2S/c1-3-15(4-2)18(16,17)14-10-8(12)5-7(11)6-9(10)13/h5-6,14H,3-4H2,1-2H3. The van der Waals surface area contributed by atoms with E-state index in [4.69, 9.17) is 0 Å². The SMILES string of the molecule is CCN(CC)S(=O)(=O)Nc1c(F)cc(Br)cc1F. The number of hydrogen-bond acceptors (Lipinski definition) is 2. The molecule has 0 aliphatic carbocycles. The van der Waals surface area contributed by atoms with E-state index in [-0.39, 0.29) is 17.6 Å². The molecule has 0 fully saturated rings. The van der Waals surface area contributed by atoms with E-state index in [1.807, 2.05) is 4.72 Å². The van der Waals surface area contributed by atoms with E-state index in [9.17, 15) is 17.2 Å². The van der Waals surface area contributed by atoms with Crippen LogP contribution in [0, 0.1) is 11.6 Å². The predicted octanol–water partition coefficient (Wildman–Crippen LogP) is 2.73.